The number of nitrogens with two attached hydrogens (primary N) is 1. The van der Waals surface area contributed by atoms with Gasteiger partial charge < -0.3 is 15.2 Å². The molecule has 0 aromatic heterocycles. The highest BCUT2D eigenvalue weighted by Crippen LogP contribution is 1.99. The lowest BCUT2D eigenvalue weighted by Gasteiger charge is -2.05. The van der Waals surface area contributed by atoms with Gasteiger partial charge in [0.1, 0.15) is 0 Å². The molecule has 2 rings (SSSR count). The third-order valence-corrected chi connectivity index (χ3v) is 1.99. The summed E-state index contributed by atoms with van der Waals surface area (Å²) in [6.45, 7) is 3.33. The normalized spacial score (nSPS) is 21.8. The quantitative estimate of drug-likeness (QED) is 0.526. The number of rotatable bonds is 0. The molecule has 70 valence electrons. The van der Waals surface area contributed by atoms with Gasteiger partial charge in [0.2, 0.25) is 0 Å². The topological polar surface area (TPSA) is 48.9 Å². The summed E-state index contributed by atoms with van der Waals surface area (Å²) in [5.41, 5.74) is 0. The van der Waals surface area contributed by atoms with Crippen molar-refractivity contribution in [2.24, 2.45) is 0 Å². The Balaban J connectivity index is 0.000000120. The fourth-order valence-corrected chi connectivity index (χ4v) is 1.29. The minimum atomic E-state index is -0.171. The van der Waals surface area contributed by atoms with Crippen molar-refractivity contribution in [3.63, 3.8) is 0 Å². The predicted octanol–water partition coefficient (Wildman–Crippen LogP) is -0.658. The molecule has 2 heterocycles. The molecular weight excluding hydrogens is 154 g/mol. The van der Waals surface area contributed by atoms with Crippen LogP contribution >= 0.6 is 0 Å². The van der Waals surface area contributed by atoms with Crippen LogP contribution in [0.15, 0.2) is 12.0 Å². The fraction of sp³-hybridized carbons (Fsp3) is 0.778. The first-order valence-corrected chi connectivity index (χ1v) is 4.71. The zero-order valence-corrected chi connectivity index (χ0v) is 7.42. The highest BCUT2D eigenvalue weighted by atomic mass is 16.6. The first kappa shape index (κ1) is 9.39. The summed E-state index contributed by atoms with van der Waals surface area (Å²) in [6.07, 6.45) is 6.69. The Labute approximate surface area is 73.4 Å². The van der Waals surface area contributed by atoms with E-state index in [9.17, 15) is 5.11 Å². The van der Waals surface area contributed by atoms with Crippen LogP contribution in [0.2, 0.25) is 0 Å². The van der Waals surface area contributed by atoms with Crippen molar-refractivity contribution >= 4 is 0 Å². The summed E-state index contributed by atoms with van der Waals surface area (Å²) in [7, 11) is 0. The second-order valence-corrected chi connectivity index (χ2v) is 3.09. The molecule has 0 bridgehead atoms. The third-order valence-electron chi connectivity index (χ3n) is 1.99. The smallest absolute Gasteiger partial charge is 0.0755 e. The van der Waals surface area contributed by atoms with Crippen molar-refractivity contribution < 1.29 is 15.2 Å². The Morgan fingerprint density at radius 2 is 2.00 bits per heavy atom. The van der Waals surface area contributed by atoms with Gasteiger partial charge in [-0.1, -0.05) is 6.08 Å². The van der Waals surface area contributed by atoms with Crippen molar-refractivity contribution in [2.75, 3.05) is 19.7 Å². The minimum absolute atomic E-state index is 0.171. The Kier molecular flexibility index (Phi) is 4.61. The number of quaternary nitrogens is 1. The molecule has 2 aliphatic heterocycles. The molecule has 0 atom stereocenters. The molecule has 1 saturated heterocycles. The highest BCUT2D eigenvalue weighted by Gasteiger charge is 1.97. The Bertz CT molecular complexity index is 130. The molecule has 2 N–H and O–H groups in total. The van der Waals surface area contributed by atoms with E-state index in [1.165, 1.54) is 32.4 Å². The molecule has 0 radical (unpaired) electrons. The molecule has 0 aromatic rings. The van der Waals surface area contributed by atoms with Gasteiger partial charge in [0, 0.05) is 5.95 Å². The van der Waals surface area contributed by atoms with E-state index in [2.05, 4.69) is 10.1 Å². The predicted molar refractivity (Wildman–Crippen MR) is 44.2 cm³/mol. The van der Waals surface area contributed by atoms with E-state index in [4.69, 9.17) is 0 Å². The van der Waals surface area contributed by atoms with Crippen molar-refractivity contribution in [3.05, 3.63) is 12.0 Å². The number of hydrogen-bond acceptors (Lipinski definition) is 2. The van der Waals surface area contributed by atoms with Crippen molar-refractivity contribution in [2.45, 2.75) is 25.7 Å². The van der Waals surface area contributed by atoms with Crippen molar-refractivity contribution in [1.29, 1.82) is 0 Å². The van der Waals surface area contributed by atoms with E-state index in [0.717, 1.165) is 6.42 Å². The lowest BCUT2D eigenvalue weighted by atomic mass is 10.2. The summed E-state index contributed by atoms with van der Waals surface area (Å²) < 4.78 is 4.46. The number of hydrogen-bond donors (Lipinski definition) is 1. The molecule has 0 spiro atoms. The molecular formula is C9H17NO2. The molecule has 0 amide bonds. The summed E-state index contributed by atoms with van der Waals surface area (Å²) in [6, 6.07) is 0. The minimum Gasteiger partial charge on any atom is -0.613 e. The average Bonchev–Trinajstić information content (AvgIpc) is 2.60. The summed E-state index contributed by atoms with van der Waals surface area (Å²) in [5.74, 6) is -0.171. The van der Waals surface area contributed by atoms with Gasteiger partial charge in [-0.2, -0.15) is 0 Å². The molecule has 12 heavy (non-hydrogen) atoms. The van der Waals surface area contributed by atoms with Gasteiger partial charge in [0.15, 0.2) is 0 Å². The van der Waals surface area contributed by atoms with Gasteiger partial charge >= 0.3 is 0 Å². The van der Waals surface area contributed by atoms with E-state index in [0.29, 0.717) is 6.61 Å². The molecule has 0 aliphatic carbocycles. The number of piperidine rings is 1. The molecule has 1 fully saturated rings. The zero-order chi connectivity index (χ0) is 8.65. The Morgan fingerprint density at radius 1 is 1.25 bits per heavy atom. The van der Waals surface area contributed by atoms with Crippen LogP contribution < -0.4 is 10.4 Å². The van der Waals surface area contributed by atoms with Crippen LogP contribution in [0.4, 0.5) is 0 Å². The second kappa shape index (κ2) is 5.89. The summed E-state index contributed by atoms with van der Waals surface area (Å²) in [4.78, 5) is 0. The monoisotopic (exact) mass is 171 g/mol. The van der Waals surface area contributed by atoms with Crippen LogP contribution in [0.25, 0.3) is 0 Å². The second-order valence-electron chi connectivity index (χ2n) is 3.09. The van der Waals surface area contributed by atoms with E-state index in [1.54, 1.807) is 6.08 Å². The standard InChI is InChI=1S/C5H11N.C4H6O2/c1-2-4-6-5-3-1;5-4-2-1-3-6-4/h6H,1-5H2;2,5H,1,3H2. The van der Waals surface area contributed by atoms with Crippen LogP contribution in [-0.4, -0.2) is 19.7 Å². The summed E-state index contributed by atoms with van der Waals surface area (Å²) in [5, 5.41) is 12.4. The van der Waals surface area contributed by atoms with Gasteiger partial charge in [0.25, 0.3) is 0 Å². The first-order valence-electron chi connectivity index (χ1n) is 4.71. The van der Waals surface area contributed by atoms with Gasteiger partial charge in [-0.25, -0.2) is 0 Å². The van der Waals surface area contributed by atoms with E-state index in [1.807, 2.05) is 0 Å². The molecule has 3 heteroatoms. The first-order chi connectivity index (χ1) is 5.89. The lowest BCUT2D eigenvalue weighted by Crippen LogP contribution is -2.85. The maximum atomic E-state index is 9.97. The Morgan fingerprint density at radius 3 is 2.17 bits per heavy atom. The van der Waals surface area contributed by atoms with Crippen LogP contribution in [-0.2, 0) is 4.74 Å². The lowest BCUT2D eigenvalue weighted by molar-refractivity contribution is -0.662. The molecule has 2 aliphatic rings. The van der Waals surface area contributed by atoms with Gasteiger partial charge in [-0.15, -0.1) is 0 Å². The van der Waals surface area contributed by atoms with Gasteiger partial charge in [0.05, 0.1) is 13.1 Å². The van der Waals surface area contributed by atoms with Crippen LogP contribution in [0.1, 0.15) is 25.7 Å². The SMILES string of the molecule is C1CC[NH2+]CC1.[O-]C1=CCCO1. The van der Waals surface area contributed by atoms with Crippen molar-refractivity contribution in [3.8, 4) is 0 Å². The van der Waals surface area contributed by atoms with Gasteiger partial charge in [-0.05, 0) is 32.3 Å². The Hall–Kier alpha value is -0.700. The van der Waals surface area contributed by atoms with Crippen LogP contribution in [0.3, 0.4) is 0 Å². The van der Waals surface area contributed by atoms with Crippen LogP contribution in [0, 0.1) is 0 Å². The van der Waals surface area contributed by atoms with E-state index >= 15 is 0 Å². The highest BCUT2D eigenvalue weighted by molar-refractivity contribution is 4.84. The molecule has 0 saturated carbocycles. The number of ether oxygens (including phenoxy) is 1. The van der Waals surface area contributed by atoms with Crippen molar-refractivity contribution in [1.82, 2.24) is 0 Å². The molecule has 0 unspecified atom stereocenters. The fourth-order valence-electron chi connectivity index (χ4n) is 1.29. The average molecular weight is 171 g/mol. The van der Waals surface area contributed by atoms with Gasteiger partial charge in [-0.3, -0.25) is 0 Å². The zero-order valence-electron chi connectivity index (χ0n) is 7.42. The van der Waals surface area contributed by atoms with E-state index < -0.39 is 0 Å². The summed E-state index contributed by atoms with van der Waals surface area (Å²) >= 11 is 0. The molecule has 0 aromatic carbocycles. The molecule has 3 nitrogen and oxygen atoms in total. The maximum absolute atomic E-state index is 9.97. The van der Waals surface area contributed by atoms with E-state index in [-0.39, 0.29) is 5.95 Å². The third kappa shape index (κ3) is 4.23. The maximum Gasteiger partial charge on any atom is 0.0755 e. The largest absolute Gasteiger partial charge is 0.613 e. The van der Waals surface area contributed by atoms with Crippen LogP contribution in [0.5, 0.6) is 0 Å².